The van der Waals surface area contributed by atoms with Crippen molar-refractivity contribution < 1.29 is 14.3 Å². The van der Waals surface area contributed by atoms with E-state index in [4.69, 9.17) is 9.72 Å². The summed E-state index contributed by atoms with van der Waals surface area (Å²) in [5.74, 6) is 1.06. The minimum absolute atomic E-state index is 0.0631. The number of nitrogens with zero attached hydrogens (tertiary/aromatic N) is 3. The number of rotatable bonds is 9. The maximum absolute atomic E-state index is 14.1. The first-order valence-electron chi connectivity index (χ1n) is 14.0. The standard InChI is InChI=1S/C32H33N5O3S/c1-21(30-34-26-10-3-4-11-27(26)35-30)37(32(39)22-8-7-9-25(19-22)40-2)24-12-13-28-23(18-24)20-29(41-28)31(38)33-14-17-36-15-5-6-16-36/h3-4,7-13,18-21H,5-6,14-17H2,1-2H3,(H,33,38)(H,34,35). The van der Waals surface area contributed by atoms with E-state index in [1.165, 1.54) is 24.2 Å². The summed E-state index contributed by atoms with van der Waals surface area (Å²) in [5, 5.41) is 3.98. The minimum atomic E-state index is -0.398. The topological polar surface area (TPSA) is 90.6 Å². The van der Waals surface area contributed by atoms with Crippen molar-refractivity contribution in [3.8, 4) is 5.75 Å². The molecule has 1 unspecified atom stereocenters. The van der Waals surface area contributed by atoms with Crippen LogP contribution in [0, 0.1) is 0 Å². The summed E-state index contributed by atoms with van der Waals surface area (Å²) >= 11 is 1.46. The Balaban J connectivity index is 1.31. The summed E-state index contributed by atoms with van der Waals surface area (Å²) in [5.41, 5.74) is 2.99. The Morgan fingerprint density at radius 2 is 1.90 bits per heavy atom. The normalized spacial score (nSPS) is 14.4. The second kappa shape index (κ2) is 11.7. The number of hydrogen-bond donors (Lipinski definition) is 2. The van der Waals surface area contributed by atoms with Crippen molar-refractivity contribution in [1.82, 2.24) is 20.2 Å². The van der Waals surface area contributed by atoms with Crippen LogP contribution in [-0.2, 0) is 0 Å². The van der Waals surface area contributed by atoms with Gasteiger partial charge in [0.1, 0.15) is 11.6 Å². The van der Waals surface area contributed by atoms with Gasteiger partial charge in [-0.2, -0.15) is 0 Å². The monoisotopic (exact) mass is 567 g/mol. The number of likely N-dealkylation sites (tertiary alicyclic amines) is 1. The largest absolute Gasteiger partial charge is 0.497 e. The molecule has 0 spiro atoms. The number of anilines is 1. The average Bonchev–Trinajstić information content (AvgIpc) is 3.76. The summed E-state index contributed by atoms with van der Waals surface area (Å²) in [6.45, 7) is 5.70. The lowest BCUT2D eigenvalue weighted by atomic mass is 10.1. The Labute approximate surface area is 242 Å². The lowest BCUT2D eigenvalue weighted by Crippen LogP contribution is -2.34. The van der Waals surface area contributed by atoms with Gasteiger partial charge in [-0.05, 0) is 92.8 Å². The van der Waals surface area contributed by atoms with Crippen molar-refractivity contribution >= 4 is 50.0 Å². The number of thiophene rings is 1. The number of fused-ring (bicyclic) bond motifs is 2. The van der Waals surface area contributed by atoms with Gasteiger partial charge in [0.15, 0.2) is 0 Å². The van der Waals surface area contributed by atoms with Crippen molar-refractivity contribution in [3.05, 3.63) is 89.1 Å². The minimum Gasteiger partial charge on any atom is -0.497 e. The number of nitrogens with one attached hydrogen (secondary N) is 2. The third kappa shape index (κ3) is 5.68. The fourth-order valence-corrected chi connectivity index (χ4v) is 6.38. The van der Waals surface area contributed by atoms with E-state index in [0.717, 1.165) is 46.4 Å². The number of para-hydroxylation sites is 2. The molecule has 1 atom stereocenters. The highest BCUT2D eigenvalue weighted by Gasteiger charge is 2.28. The van der Waals surface area contributed by atoms with Crippen molar-refractivity contribution in [2.24, 2.45) is 0 Å². The van der Waals surface area contributed by atoms with Gasteiger partial charge in [0.05, 0.1) is 29.1 Å². The molecule has 0 bridgehead atoms. The van der Waals surface area contributed by atoms with E-state index in [1.54, 1.807) is 24.1 Å². The van der Waals surface area contributed by atoms with Gasteiger partial charge in [0, 0.05) is 29.0 Å². The highest BCUT2D eigenvalue weighted by atomic mass is 32.1. The number of carbonyl (C=O) groups excluding carboxylic acids is 2. The number of benzene rings is 3. The quantitative estimate of drug-likeness (QED) is 0.227. The molecule has 2 amide bonds. The van der Waals surface area contributed by atoms with Crippen LogP contribution >= 0.6 is 11.3 Å². The molecule has 41 heavy (non-hydrogen) atoms. The first-order valence-corrected chi connectivity index (χ1v) is 14.8. The lowest BCUT2D eigenvalue weighted by molar-refractivity contribution is 0.0951. The molecule has 2 aromatic heterocycles. The SMILES string of the molecule is COc1cccc(C(=O)N(c2ccc3sc(C(=O)NCCN4CCCC4)cc3c2)C(C)c2nc3ccccc3[nH]2)c1. The molecule has 6 rings (SSSR count). The Hall–Kier alpha value is -4.21. The molecule has 0 radical (unpaired) electrons. The van der Waals surface area contributed by atoms with E-state index in [2.05, 4.69) is 15.2 Å². The maximum atomic E-state index is 14.1. The predicted molar refractivity (Wildman–Crippen MR) is 164 cm³/mol. The van der Waals surface area contributed by atoms with Gasteiger partial charge < -0.3 is 19.9 Å². The zero-order valence-electron chi connectivity index (χ0n) is 23.2. The molecule has 1 saturated heterocycles. The number of imidazole rings is 1. The summed E-state index contributed by atoms with van der Waals surface area (Å²) in [7, 11) is 1.59. The molecule has 9 heteroatoms. The third-order valence-corrected chi connectivity index (χ3v) is 8.76. The van der Waals surface area contributed by atoms with E-state index in [0.29, 0.717) is 28.6 Å². The second-order valence-corrected chi connectivity index (χ2v) is 11.4. The molecule has 3 aromatic carbocycles. The van der Waals surface area contributed by atoms with Crippen LogP contribution in [0.1, 0.15) is 51.7 Å². The van der Waals surface area contributed by atoms with Gasteiger partial charge in [-0.25, -0.2) is 4.98 Å². The molecule has 1 aliphatic rings. The number of H-pyrrole nitrogens is 1. The van der Waals surface area contributed by atoms with E-state index in [1.807, 2.05) is 67.6 Å². The van der Waals surface area contributed by atoms with Crippen LogP contribution in [0.4, 0.5) is 5.69 Å². The Morgan fingerprint density at radius 3 is 2.71 bits per heavy atom. The molecule has 0 saturated carbocycles. The van der Waals surface area contributed by atoms with Crippen LogP contribution in [0.25, 0.3) is 21.1 Å². The van der Waals surface area contributed by atoms with Crippen LogP contribution in [-0.4, -0.2) is 60.0 Å². The van der Waals surface area contributed by atoms with E-state index >= 15 is 0 Å². The van der Waals surface area contributed by atoms with Crippen molar-refractivity contribution in [2.75, 3.05) is 38.2 Å². The zero-order chi connectivity index (χ0) is 28.3. The first-order chi connectivity index (χ1) is 20.0. The molecule has 1 fully saturated rings. The molecule has 210 valence electrons. The third-order valence-electron chi connectivity index (χ3n) is 7.64. The Kier molecular flexibility index (Phi) is 7.71. The smallest absolute Gasteiger partial charge is 0.261 e. The molecule has 3 heterocycles. The van der Waals surface area contributed by atoms with Gasteiger partial charge in [-0.1, -0.05) is 18.2 Å². The Morgan fingerprint density at radius 1 is 1.07 bits per heavy atom. The van der Waals surface area contributed by atoms with Gasteiger partial charge in [-0.15, -0.1) is 11.3 Å². The molecular weight excluding hydrogens is 534 g/mol. The number of aromatic nitrogens is 2. The van der Waals surface area contributed by atoms with Gasteiger partial charge in [0.2, 0.25) is 0 Å². The van der Waals surface area contributed by atoms with Gasteiger partial charge >= 0.3 is 0 Å². The van der Waals surface area contributed by atoms with Gasteiger partial charge in [0.25, 0.3) is 11.8 Å². The highest BCUT2D eigenvalue weighted by Crippen LogP contribution is 2.34. The second-order valence-electron chi connectivity index (χ2n) is 10.4. The first kappa shape index (κ1) is 27.0. The summed E-state index contributed by atoms with van der Waals surface area (Å²) in [4.78, 5) is 40.0. The molecule has 5 aromatic rings. The van der Waals surface area contributed by atoms with Crippen LogP contribution < -0.4 is 15.0 Å². The number of aromatic amines is 1. The lowest BCUT2D eigenvalue weighted by Gasteiger charge is -2.28. The number of ether oxygens (including phenoxy) is 1. The van der Waals surface area contributed by atoms with Crippen LogP contribution in [0.5, 0.6) is 5.75 Å². The number of amides is 2. The molecule has 8 nitrogen and oxygen atoms in total. The maximum Gasteiger partial charge on any atom is 0.261 e. The van der Waals surface area contributed by atoms with E-state index in [9.17, 15) is 9.59 Å². The zero-order valence-corrected chi connectivity index (χ0v) is 24.0. The number of hydrogen-bond acceptors (Lipinski definition) is 6. The molecule has 2 N–H and O–H groups in total. The van der Waals surface area contributed by atoms with Crippen LogP contribution in [0.3, 0.4) is 0 Å². The molecular formula is C32H33N5O3S. The summed E-state index contributed by atoms with van der Waals surface area (Å²) < 4.78 is 6.38. The van der Waals surface area contributed by atoms with Crippen molar-refractivity contribution in [3.63, 3.8) is 0 Å². The summed E-state index contributed by atoms with van der Waals surface area (Å²) in [6.07, 6.45) is 2.47. The Bertz CT molecular complexity index is 1670. The summed E-state index contributed by atoms with van der Waals surface area (Å²) in [6, 6.07) is 22.4. The average molecular weight is 568 g/mol. The fourth-order valence-electron chi connectivity index (χ4n) is 5.42. The number of methoxy groups -OCH3 is 1. The molecule has 0 aliphatic carbocycles. The fraction of sp³-hybridized carbons (Fsp3) is 0.281. The number of carbonyl (C=O) groups is 2. The predicted octanol–water partition coefficient (Wildman–Crippen LogP) is 6.02. The van der Waals surface area contributed by atoms with Gasteiger partial charge in [-0.3, -0.25) is 14.5 Å². The van der Waals surface area contributed by atoms with Crippen molar-refractivity contribution in [1.29, 1.82) is 0 Å². The van der Waals surface area contributed by atoms with E-state index < -0.39 is 6.04 Å². The van der Waals surface area contributed by atoms with Crippen LogP contribution in [0.2, 0.25) is 0 Å². The highest BCUT2D eigenvalue weighted by molar-refractivity contribution is 7.20. The van der Waals surface area contributed by atoms with Crippen LogP contribution in [0.15, 0.2) is 72.8 Å². The van der Waals surface area contributed by atoms with E-state index in [-0.39, 0.29) is 11.8 Å². The molecule has 1 aliphatic heterocycles. The van der Waals surface area contributed by atoms with Crippen molar-refractivity contribution in [2.45, 2.75) is 25.8 Å².